The molecule has 0 N–H and O–H groups in total. The van der Waals surface area contributed by atoms with Gasteiger partial charge >= 0.3 is 0 Å². The summed E-state index contributed by atoms with van der Waals surface area (Å²) in [6.45, 7) is 7.73. The zero-order valence-electron chi connectivity index (χ0n) is 12.1. The van der Waals surface area contributed by atoms with Crippen LogP contribution in [0, 0.1) is 5.92 Å². The maximum Gasteiger partial charge on any atom is 0.0113 e. The van der Waals surface area contributed by atoms with E-state index in [9.17, 15) is 0 Å². The maximum absolute atomic E-state index is 2.80. The standard InChI is InChI=1S/C16H30N2/c1-2-14-12-16(13-14)18-10-8-17(9-11-18)15-6-4-3-5-7-15/h14-16H,2-13H2,1H3. The van der Waals surface area contributed by atoms with Gasteiger partial charge in [-0.3, -0.25) is 9.80 Å². The summed E-state index contributed by atoms with van der Waals surface area (Å²) in [5.41, 5.74) is 0. The summed E-state index contributed by atoms with van der Waals surface area (Å²) in [6, 6.07) is 1.88. The van der Waals surface area contributed by atoms with Crippen molar-refractivity contribution in [2.24, 2.45) is 5.92 Å². The third-order valence-electron chi connectivity index (χ3n) is 5.74. The quantitative estimate of drug-likeness (QED) is 0.759. The van der Waals surface area contributed by atoms with Gasteiger partial charge in [-0.05, 0) is 31.6 Å². The molecule has 0 aromatic heterocycles. The van der Waals surface area contributed by atoms with Crippen LogP contribution < -0.4 is 0 Å². The van der Waals surface area contributed by atoms with Crippen molar-refractivity contribution >= 4 is 0 Å². The molecule has 0 atom stereocenters. The van der Waals surface area contributed by atoms with Crippen molar-refractivity contribution in [3.63, 3.8) is 0 Å². The molecule has 1 aliphatic heterocycles. The number of piperazine rings is 1. The minimum atomic E-state index is 0.936. The molecule has 3 rings (SSSR count). The number of hydrogen-bond donors (Lipinski definition) is 0. The van der Waals surface area contributed by atoms with Gasteiger partial charge in [0, 0.05) is 38.3 Å². The van der Waals surface area contributed by atoms with E-state index in [2.05, 4.69) is 16.7 Å². The first-order valence-electron chi connectivity index (χ1n) is 8.35. The predicted octanol–water partition coefficient (Wildman–Crippen LogP) is 3.13. The van der Waals surface area contributed by atoms with E-state index in [4.69, 9.17) is 0 Å². The fourth-order valence-electron chi connectivity index (χ4n) is 4.25. The largest absolute Gasteiger partial charge is 0.298 e. The van der Waals surface area contributed by atoms with Gasteiger partial charge in [-0.25, -0.2) is 0 Å². The minimum Gasteiger partial charge on any atom is -0.298 e. The van der Waals surface area contributed by atoms with E-state index in [0.717, 1.165) is 18.0 Å². The lowest BCUT2D eigenvalue weighted by atomic mass is 9.77. The molecule has 1 saturated heterocycles. The third kappa shape index (κ3) is 2.75. The topological polar surface area (TPSA) is 6.48 Å². The molecule has 18 heavy (non-hydrogen) atoms. The van der Waals surface area contributed by atoms with Gasteiger partial charge in [0.1, 0.15) is 0 Å². The summed E-state index contributed by atoms with van der Waals surface area (Å²) in [5.74, 6) is 1.05. The van der Waals surface area contributed by atoms with Gasteiger partial charge < -0.3 is 0 Å². The van der Waals surface area contributed by atoms with Crippen LogP contribution in [0.5, 0.6) is 0 Å². The molecule has 0 aromatic rings. The number of rotatable bonds is 3. The van der Waals surface area contributed by atoms with Crippen LogP contribution in [0.4, 0.5) is 0 Å². The second-order valence-electron chi connectivity index (χ2n) is 6.76. The highest BCUT2D eigenvalue weighted by Gasteiger charge is 2.34. The molecular weight excluding hydrogens is 220 g/mol. The predicted molar refractivity (Wildman–Crippen MR) is 76.8 cm³/mol. The Morgan fingerprint density at radius 1 is 0.778 bits per heavy atom. The highest BCUT2D eigenvalue weighted by Crippen LogP contribution is 2.34. The highest BCUT2D eigenvalue weighted by atomic mass is 15.3. The molecule has 0 radical (unpaired) electrons. The summed E-state index contributed by atoms with van der Waals surface area (Å²) >= 11 is 0. The van der Waals surface area contributed by atoms with Crippen LogP contribution >= 0.6 is 0 Å². The highest BCUT2D eigenvalue weighted by molar-refractivity contribution is 4.90. The van der Waals surface area contributed by atoms with Crippen LogP contribution in [0.25, 0.3) is 0 Å². The zero-order valence-corrected chi connectivity index (χ0v) is 12.1. The summed E-state index contributed by atoms with van der Waals surface area (Å²) in [6.07, 6.45) is 11.8. The van der Waals surface area contributed by atoms with E-state index < -0.39 is 0 Å². The van der Waals surface area contributed by atoms with E-state index in [1.54, 1.807) is 0 Å². The van der Waals surface area contributed by atoms with Crippen LogP contribution in [-0.2, 0) is 0 Å². The van der Waals surface area contributed by atoms with Crippen molar-refractivity contribution in [3.8, 4) is 0 Å². The lowest BCUT2D eigenvalue weighted by Gasteiger charge is -2.48. The molecule has 0 spiro atoms. The van der Waals surface area contributed by atoms with E-state index in [0.29, 0.717) is 0 Å². The van der Waals surface area contributed by atoms with Crippen LogP contribution in [0.2, 0.25) is 0 Å². The molecule has 0 unspecified atom stereocenters. The van der Waals surface area contributed by atoms with Crippen molar-refractivity contribution in [1.82, 2.24) is 9.80 Å². The molecule has 3 fully saturated rings. The first-order valence-corrected chi connectivity index (χ1v) is 8.35. The lowest BCUT2D eigenvalue weighted by Crippen LogP contribution is -2.56. The average Bonchev–Trinajstić information content (AvgIpc) is 2.39. The monoisotopic (exact) mass is 250 g/mol. The molecule has 0 amide bonds. The van der Waals surface area contributed by atoms with Gasteiger partial charge in [-0.1, -0.05) is 32.6 Å². The Labute approximate surface area is 113 Å². The number of nitrogens with zero attached hydrogens (tertiary/aromatic N) is 2. The normalized spacial score (nSPS) is 36.5. The van der Waals surface area contributed by atoms with Crippen molar-refractivity contribution in [3.05, 3.63) is 0 Å². The van der Waals surface area contributed by atoms with E-state index in [1.165, 1.54) is 77.5 Å². The van der Waals surface area contributed by atoms with Crippen LogP contribution in [0.1, 0.15) is 58.3 Å². The second kappa shape index (κ2) is 5.92. The Balaban J connectivity index is 1.41. The zero-order chi connectivity index (χ0) is 12.4. The maximum atomic E-state index is 2.80. The van der Waals surface area contributed by atoms with Crippen molar-refractivity contribution in [1.29, 1.82) is 0 Å². The molecule has 0 bridgehead atoms. The molecule has 3 aliphatic rings. The first-order chi connectivity index (χ1) is 8.86. The molecular formula is C16H30N2. The summed E-state index contributed by atoms with van der Waals surface area (Å²) in [7, 11) is 0. The van der Waals surface area contributed by atoms with Gasteiger partial charge in [0.05, 0.1) is 0 Å². The van der Waals surface area contributed by atoms with Crippen molar-refractivity contribution < 1.29 is 0 Å². The van der Waals surface area contributed by atoms with Gasteiger partial charge in [0.25, 0.3) is 0 Å². The lowest BCUT2D eigenvalue weighted by molar-refractivity contribution is 0.0133. The van der Waals surface area contributed by atoms with Gasteiger partial charge in [-0.2, -0.15) is 0 Å². The molecule has 2 heteroatoms. The second-order valence-corrected chi connectivity index (χ2v) is 6.76. The fraction of sp³-hybridized carbons (Fsp3) is 1.00. The molecule has 1 heterocycles. The Kier molecular flexibility index (Phi) is 4.25. The minimum absolute atomic E-state index is 0.936. The fourth-order valence-corrected chi connectivity index (χ4v) is 4.25. The van der Waals surface area contributed by atoms with Gasteiger partial charge in [0.15, 0.2) is 0 Å². The summed E-state index contributed by atoms with van der Waals surface area (Å²) in [4.78, 5) is 5.58. The smallest absolute Gasteiger partial charge is 0.0113 e. The summed E-state index contributed by atoms with van der Waals surface area (Å²) < 4.78 is 0. The average molecular weight is 250 g/mol. The molecule has 0 aromatic carbocycles. The molecule has 2 nitrogen and oxygen atoms in total. The molecule has 2 saturated carbocycles. The number of hydrogen-bond acceptors (Lipinski definition) is 2. The Bertz CT molecular complexity index is 246. The molecule has 2 aliphatic carbocycles. The van der Waals surface area contributed by atoms with Gasteiger partial charge in [-0.15, -0.1) is 0 Å². The van der Waals surface area contributed by atoms with E-state index in [1.807, 2.05) is 0 Å². The first kappa shape index (κ1) is 12.9. The Hall–Kier alpha value is -0.0800. The van der Waals surface area contributed by atoms with Crippen LogP contribution in [-0.4, -0.2) is 48.1 Å². The van der Waals surface area contributed by atoms with Crippen molar-refractivity contribution in [2.45, 2.75) is 70.4 Å². The van der Waals surface area contributed by atoms with Crippen LogP contribution in [0.15, 0.2) is 0 Å². The van der Waals surface area contributed by atoms with Crippen LogP contribution in [0.3, 0.4) is 0 Å². The Morgan fingerprint density at radius 2 is 1.33 bits per heavy atom. The van der Waals surface area contributed by atoms with Crippen molar-refractivity contribution in [2.75, 3.05) is 26.2 Å². The van der Waals surface area contributed by atoms with E-state index >= 15 is 0 Å². The van der Waals surface area contributed by atoms with Gasteiger partial charge in [0.2, 0.25) is 0 Å². The summed E-state index contributed by atoms with van der Waals surface area (Å²) in [5, 5.41) is 0. The third-order valence-corrected chi connectivity index (χ3v) is 5.74. The SMILES string of the molecule is CCC1CC(N2CCN(C3CCCCC3)CC2)C1. The van der Waals surface area contributed by atoms with E-state index in [-0.39, 0.29) is 0 Å². The molecule has 104 valence electrons. The Morgan fingerprint density at radius 3 is 1.89 bits per heavy atom.